The maximum Gasteiger partial charge on any atom is 0.00431 e. The lowest BCUT2D eigenvalue weighted by molar-refractivity contribution is 0.458. The summed E-state index contributed by atoms with van der Waals surface area (Å²) in [6.07, 6.45) is 1.03. The van der Waals surface area contributed by atoms with E-state index in [1.807, 2.05) is 6.92 Å². The van der Waals surface area contributed by atoms with Gasteiger partial charge in [-0.05, 0) is 25.5 Å². The molecule has 0 bridgehead atoms. The van der Waals surface area contributed by atoms with Crippen molar-refractivity contribution in [2.45, 2.75) is 38.6 Å². The zero-order chi connectivity index (χ0) is 12.0. The molecule has 1 rings (SSSR count). The molecule has 0 saturated heterocycles. The average Bonchev–Trinajstić information content (AvgIpc) is 2.26. The van der Waals surface area contributed by atoms with Crippen molar-refractivity contribution in [3.63, 3.8) is 0 Å². The van der Waals surface area contributed by atoms with Crippen molar-refractivity contribution >= 4 is 0 Å². The summed E-state index contributed by atoms with van der Waals surface area (Å²) in [5.74, 6) is 0. The third-order valence-electron chi connectivity index (χ3n) is 2.90. The molecule has 0 aliphatic carbocycles. The largest absolute Gasteiger partial charge is 0.328 e. The zero-order valence-electron chi connectivity index (χ0n) is 10.7. The Morgan fingerprint density at radius 3 is 2.44 bits per heavy atom. The smallest absolute Gasteiger partial charge is 0.00431 e. The highest BCUT2D eigenvalue weighted by Gasteiger charge is 2.19. The van der Waals surface area contributed by atoms with Crippen molar-refractivity contribution in [3.8, 4) is 0 Å². The number of nitrogens with two attached hydrogens (primary N) is 1. The minimum Gasteiger partial charge on any atom is -0.328 e. The molecule has 0 aliphatic heterocycles. The van der Waals surface area contributed by atoms with Crippen LogP contribution in [0.5, 0.6) is 0 Å². The van der Waals surface area contributed by atoms with E-state index in [1.54, 1.807) is 0 Å². The van der Waals surface area contributed by atoms with E-state index in [1.165, 1.54) is 5.56 Å². The molecule has 1 aromatic carbocycles. The van der Waals surface area contributed by atoms with Gasteiger partial charge in [0.25, 0.3) is 0 Å². The summed E-state index contributed by atoms with van der Waals surface area (Å²) in [7, 11) is 0. The van der Waals surface area contributed by atoms with Gasteiger partial charge in [-0.1, -0.05) is 44.2 Å². The van der Waals surface area contributed by atoms with E-state index in [4.69, 9.17) is 5.73 Å². The Morgan fingerprint density at radius 1 is 1.25 bits per heavy atom. The van der Waals surface area contributed by atoms with Gasteiger partial charge < -0.3 is 11.1 Å². The molecule has 1 unspecified atom stereocenters. The van der Waals surface area contributed by atoms with Gasteiger partial charge in [0.1, 0.15) is 0 Å². The van der Waals surface area contributed by atoms with Crippen LogP contribution in [0.15, 0.2) is 30.3 Å². The Kier molecular flexibility index (Phi) is 4.97. The minimum absolute atomic E-state index is 0.180. The fraction of sp³-hybridized carbons (Fsp3) is 0.571. The highest BCUT2D eigenvalue weighted by Crippen LogP contribution is 2.21. The summed E-state index contributed by atoms with van der Waals surface area (Å²) in [4.78, 5) is 0. The van der Waals surface area contributed by atoms with Gasteiger partial charge >= 0.3 is 0 Å². The molecule has 0 aliphatic rings. The van der Waals surface area contributed by atoms with Crippen LogP contribution < -0.4 is 11.1 Å². The summed E-state index contributed by atoms with van der Waals surface area (Å²) in [5.41, 5.74) is 7.27. The molecule has 0 radical (unpaired) electrons. The van der Waals surface area contributed by atoms with E-state index < -0.39 is 0 Å². The number of rotatable bonds is 6. The molecule has 2 heteroatoms. The minimum atomic E-state index is 0.180. The van der Waals surface area contributed by atoms with E-state index in [-0.39, 0.29) is 11.5 Å². The third kappa shape index (κ3) is 4.33. The van der Waals surface area contributed by atoms with Crippen molar-refractivity contribution in [1.29, 1.82) is 0 Å². The van der Waals surface area contributed by atoms with Crippen molar-refractivity contribution in [2.24, 2.45) is 5.73 Å². The van der Waals surface area contributed by atoms with Gasteiger partial charge in [0.2, 0.25) is 0 Å². The van der Waals surface area contributed by atoms with Gasteiger partial charge in [0, 0.05) is 18.0 Å². The molecular weight excluding hydrogens is 196 g/mol. The Morgan fingerprint density at radius 2 is 1.88 bits per heavy atom. The molecule has 0 amide bonds. The number of benzene rings is 1. The van der Waals surface area contributed by atoms with Crippen molar-refractivity contribution in [1.82, 2.24) is 5.32 Å². The molecule has 0 fully saturated rings. The first-order chi connectivity index (χ1) is 7.52. The second kappa shape index (κ2) is 6.02. The predicted molar refractivity (Wildman–Crippen MR) is 70.6 cm³/mol. The standard InChI is InChI=1S/C14H24N2/c1-12(15)9-10-16-11-14(2,3)13-7-5-4-6-8-13/h4-8,12,16H,9-11,15H2,1-3H3. The number of hydrogen-bond acceptors (Lipinski definition) is 2. The quantitative estimate of drug-likeness (QED) is 0.722. The summed E-state index contributed by atoms with van der Waals surface area (Å²) >= 11 is 0. The van der Waals surface area contributed by atoms with Gasteiger partial charge in [-0.3, -0.25) is 0 Å². The monoisotopic (exact) mass is 220 g/mol. The maximum atomic E-state index is 5.71. The molecule has 1 atom stereocenters. The van der Waals surface area contributed by atoms with Crippen LogP contribution in [0.2, 0.25) is 0 Å². The van der Waals surface area contributed by atoms with Gasteiger partial charge in [-0.25, -0.2) is 0 Å². The highest BCUT2D eigenvalue weighted by molar-refractivity contribution is 5.23. The predicted octanol–water partition coefficient (Wildman–Crippen LogP) is 2.29. The molecule has 1 aromatic rings. The fourth-order valence-electron chi connectivity index (χ4n) is 1.72. The lowest BCUT2D eigenvalue weighted by atomic mass is 9.84. The van der Waals surface area contributed by atoms with Crippen LogP contribution in [0.4, 0.5) is 0 Å². The van der Waals surface area contributed by atoms with Crippen molar-refractivity contribution in [3.05, 3.63) is 35.9 Å². The second-order valence-corrected chi connectivity index (χ2v) is 5.19. The van der Waals surface area contributed by atoms with E-state index in [2.05, 4.69) is 49.5 Å². The molecule has 3 N–H and O–H groups in total. The molecule has 0 heterocycles. The lowest BCUT2D eigenvalue weighted by Crippen LogP contribution is -2.35. The molecule has 0 saturated carbocycles. The van der Waals surface area contributed by atoms with E-state index in [9.17, 15) is 0 Å². The maximum absolute atomic E-state index is 5.71. The highest BCUT2D eigenvalue weighted by atomic mass is 14.9. The van der Waals surface area contributed by atoms with Crippen LogP contribution in [-0.2, 0) is 5.41 Å². The normalized spacial score (nSPS) is 13.8. The van der Waals surface area contributed by atoms with Gasteiger partial charge in [-0.2, -0.15) is 0 Å². The van der Waals surface area contributed by atoms with Crippen LogP contribution in [0.1, 0.15) is 32.8 Å². The molecule has 16 heavy (non-hydrogen) atoms. The van der Waals surface area contributed by atoms with Crippen LogP contribution in [0.3, 0.4) is 0 Å². The zero-order valence-corrected chi connectivity index (χ0v) is 10.7. The number of hydrogen-bond donors (Lipinski definition) is 2. The molecular formula is C14H24N2. The summed E-state index contributed by atoms with van der Waals surface area (Å²) in [5, 5.41) is 3.48. The molecule has 90 valence electrons. The SMILES string of the molecule is CC(N)CCNCC(C)(C)c1ccccc1. The average molecular weight is 220 g/mol. The van der Waals surface area contributed by atoms with Crippen molar-refractivity contribution in [2.75, 3.05) is 13.1 Å². The molecule has 2 nitrogen and oxygen atoms in total. The lowest BCUT2D eigenvalue weighted by Gasteiger charge is -2.26. The third-order valence-corrected chi connectivity index (χ3v) is 2.90. The number of nitrogens with one attached hydrogen (secondary N) is 1. The van der Waals surface area contributed by atoms with E-state index in [0.29, 0.717) is 0 Å². The molecule has 0 spiro atoms. The molecule has 0 aromatic heterocycles. The van der Waals surface area contributed by atoms with Crippen LogP contribution in [0.25, 0.3) is 0 Å². The van der Waals surface area contributed by atoms with Gasteiger partial charge in [0.15, 0.2) is 0 Å². The first-order valence-electron chi connectivity index (χ1n) is 6.04. The summed E-state index contributed by atoms with van der Waals surface area (Å²) < 4.78 is 0. The Bertz CT molecular complexity index is 291. The Labute approximate surface area is 99.2 Å². The Balaban J connectivity index is 2.40. The summed E-state index contributed by atoms with van der Waals surface area (Å²) in [6.45, 7) is 8.56. The van der Waals surface area contributed by atoms with E-state index in [0.717, 1.165) is 19.5 Å². The first-order valence-corrected chi connectivity index (χ1v) is 6.04. The fourth-order valence-corrected chi connectivity index (χ4v) is 1.72. The van der Waals surface area contributed by atoms with Gasteiger partial charge in [0.05, 0.1) is 0 Å². The second-order valence-electron chi connectivity index (χ2n) is 5.19. The van der Waals surface area contributed by atoms with Crippen LogP contribution in [-0.4, -0.2) is 19.1 Å². The first kappa shape index (κ1) is 13.2. The topological polar surface area (TPSA) is 38.0 Å². The van der Waals surface area contributed by atoms with Gasteiger partial charge in [-0.15, -0.1) is 0 Å². The van der Waals surface area contributed by atoms with Crippen LogP contribution in [0, 0.1) is 0 Å². The Hall–Kier alpha value is -0.860. The van der Waals surface area contributed by atoms with Crippen molar-refractivity contribution < 1.29 is 0 Å². The van der Waals surface area contributed by atoms with E-state index >= 15 is 0 Å². The van der Waals surface area contributed by atoms with Crippen LogP contribution >= 0.6 is 0 Å². The summed E-state index contributed by atoms with van der Waals surface area (Å²) in [6, 6.07) is 10.9.